The van der Waals surface area contributed by atoms with Crippen molar-refractivity contribution in [3.8, 4) is 0 Å². The maximum absolute atomic E-state index is 3.74. The van der Waals surface area contributed by atoms with Crippen molar-refractivity contribution in [3.05, 3.63) is 47.7 Å². The van der Waals surface area contributed by atoms with Crippen LogP contribution in [0.3, 0.4) is 0 Å². The van der Waals surface area contributed by atoms with Crippen LogP contribution in [-0.4, -0.2) is 4.98 Å². The second-order valence-electron chi connectivity index (χ2n) is 6.66. The van der Waals surface area contributed by atoms with Crippen molar-refractivity contribution < 1.29 is 0 Å². The van der Waals surface area contributed by atoms with Gasteiger partial charge in [0.1, 0.15) is 0 Å². The van der Waals surface area contributed by atoms with Gasteiger partial charge in [-0.3, -0.25) is 0 Å². The second kappa shape index (κ2) is 3.33. The highest BCUT2D eigenvalue weighted by Crippen LogP contribution is 2.59. The Bertz CT molecular complexity index is 685. The average molecular weight is 249 g/mol. The summed E-state index contributed by atoms with van der Waals surface area (Å²) in [7, 11) is 0. The SMILES string of the molecule is C1=CC2CC1c1[nH]c3ccccc3c1C21CCCC1. The predicted octanol–water partition coefficient (Wildman–Crippen LogP) is 4.65. The minimum atomic E-state index is 0.457. The van der Waals surface area contributed by atoms with Gasteiger partial charge in [-0.1, -0.05) is 43.2 Å². The Balaban J connectivity index is 1.89. The Labute approximate surface area is 113 Å². The van der Waals surface area contributed by atoms with Gasteiger partial charge in [0.15, 0.2) is 0 Å². The minimum Gasteiger partial charge on any atom is -0.358 e. The normalized spacial score (nSPS) is 30.3. The van der Waals surface area contributed by atoms with Crippen molar-refractivity contribution in [1.29, 1.82) is 0 Å². The van der Waals surface area contributed by atoms with Crippen LogP contribution in [0.25, 0.3) is 10.9 Å². The summed E-state index contributed by atoms with van der Waals surface area (Å²) < 4.78 is 0. The van der Waals surface area contributed by atoms with E-state index in [-0.39, 0.29) is 0 Å². The quantitative estimate of drug-likeness (QED) is 0.654. The van der Waals surface area contributed by atoms with Crippen LogP contribution in [0.2, 0.25) is 0 Å². The van der Waals surface area contributed by atoms with E-state index in [4.69, 9.17) is 0 Å². The molecule has 0 radical (unpaired) electrons. The molecule has 2 aromatic rings. The molecular formula is C18H19N. The summed E-state index contributed by atoms with van der Waals surface area (Å²) in [5.74, 6) is 1.45. The molecule has 1 heteroatoms. The van der Waals surface area contributed by atoms with Gasteiger partial charge < -0.3 is 4.98 Å². The number of H-pyrrole nitrogens is 1. The fourth-order valence-electron chi connectivity index (χ4n) is 5.11. The number of aromatic nitrogens is 1. The zero-order valence-corrected chi connectivity index (χ0v) is 11.2. The first-order valence-electron chi connectivity index (χ1n) is 7.68. The van der Waals surface area contributed by atoms with Crippen molar-refractivity contribution in [1.82, 2.24) is 4.98 Å². The molecule has 96 valence electrons. The Hall–Kier alpha value is -1.50. The van der Waals surface area contributed by atoms with Crippen LogP contribution in [0, 0.1) is 5.92 Å². The molecule has 1 saturated carbocycles. The summed E-state index contributed by atoms with van der Waals surface area (Å²) in [6, 6.07) is 8.92. The van der Waals surface area contributed by atoms with Crippen LogP contribution in [-0.2, 0) is 5.41 Å². The number of benzene rings is 1. The number of aromatic amines is 1. The van der Waals surface area contributed by atoms with Gasteiger partial charge in [0.25, 0.3) is 0 Å². The van der Waals surface area contributed by atoms with Gasteiger partial charge >= 0.3 is 0 Å². The Morgan fingerprint density at radius 1 is 1.05 bits per heavy atom. The fraction of sp³-hybridized carbons (Fsp3) is 0.444. The summed E-state index contributed by atoms with van der Waals surface area (Å²) in [6.07, 6.45) is 11.9. The standard InChI is InChI=1S/C18H19N/c1-2-6-15-14(5-1)16-17(19-15)12-7-8-13(11-12)18(16)9-3-4-10-18/h1-2,5-8,12-13,19H,3-4,9-11H2. The molecule has 1 heterocycles. The molecule has 0 saturated heterocycles. The fourth-order valence-corrected chi connectivity index (χ4v) is 5.11. The van der Waals surface area contributed by atoms with E-state index in [1.54, 1.807) is 5.56 Å². The zero-order valence-electron chi connectivity index (χ0n) is 11.2. The molecule has 1 spiro atoms. The monoisotopic (exact) mass is 249 g/mol. The van der Waals surface area contributed by atoms with Gasteiger partial charge in [0, 0.05) is 27.9 Å². The number of para-hydroxylation sites is 1. The predicted molar refractivity (Wildman–Crippen MR) is 78.4 cm³/mol. The Morgan fingerprint density at radius 2 is 1.89 bits per heavy atom. The van der Waals surface area contributed by atoms with Gasteiger partial charge in [-0.25, -0.2) is 0 Å². The first-order valence-corrected chi connectivity index (χ1v) is 7.68. The van der Waals surface area contributed by atoms with Gasteiger partial charge in [-0.05, 0) is 36.8 Å². The molecule has 1 fully saturated rings. The van der Waals surface area contributed by atoms with E-state index < -0.39 is 0 Å². The van der Waals surface area contributed by atoms with E-state index in [1.807, 2.05) is 0 Å². The first-order chi connectivity index (χ1) is 9.38. The number of rotatable bonds is 0. The summed E-state index contributed by atoms with van der Waals surface area (Å²) in [5, 5.41) is 1.50. The molecular weight excluding hydrogens is 230 g/mol. The minimum absolute atomic E-state index is 0.457. The number of nitrogens with one attached hydrogen (secondary N) is 1. The average Bonchev–Trinajstić information content (AvgIpc) is 3.14. The van der Waals surface area contributed by atoms with Crippen LogP contribution in [0.4, 0.5) is 0 Å². The van der Waals surface area contributed by atoms with E-state index in [0.717, 1.165) is 5.92 Å². The van der Waals surface area contributed by atoms with Crippen molar-refractivity contribution in [2.24, 2.45) is 5.92 Å². The van der Waals surface area contributed by atoms with Gasteiger partial charge in [-0.2, -0.15) is 0 Å². The third kappa shape index (κ3) is 1.13. The number of hydrogen-bond acceptors (Lipinski definition) is 0. The molecule has 5 rings (SSSR count). The van der Waals surface area contributed by atoms with E-state index in [1.165, 1.54) is 48.7 Å². The lowest BCUT2D eigenvalue weighted by molar-refractivity contribution is 0.293. The molecule has 1 aromatic heterocycles. The molecule has 3 aliphatic carbocycles. The van der Waals surface area contributed by atoms with Gasteiger partial charge in [0.05, 0.1) is 0 Å². The maximum Gasteiger partial charge on any atom is 0.0459 e. The van der Waals surface area contributed by atoms with Crippen LogP contribution in [0.1, 0.15) is 49.3 Å². The molecule has 0 aliphatic heterocycles. The largest absolute Gasteiger partial charge is 0.358 e. The van der Waals surface area contributed by atoms with E-state index in [0.29, 0.717) is 11.3 Å². The first kappa shape index (κ1) is 10.3. The lowest BCUT2D eigenvalue weighted by Crippen LogP contribution is -2.34. The van der Waals surface area contributed by atoms with Crippen LogP contribution in [0.15, 0.2) is 36.4 Å². The molecule has 2 unspecified atom stereocenters. The third-order valence-electron chi connectivity index (χ3n) is 5.89. The van der Waals surface area contributed by atoms with Crippen molar-refractivity contribution in [3.63, 3.8) is 0 Å². The smallest absolute Gasteiger partial charge is 0.0459 e. The number of hydrogen-bond donors (Lipinski definition) is 1. The Morgan fingerprint density at radius 3 is 2.79 bits per heavy atom. The number of fused-ring (bicyclic) bond motifs is 8. The molecule has 1 N–H and O–H groups in total. The maximum atomic E-state index is 3.74. The van der Waals surface area contributed by atoms with E-state index in [9.17, 15) is 0 Å². The van der Waals surface area contributed by atoms with Crippen LogP contribution in [0.5, 0.6) is 0 Å². The molecule has 3 aliphatic rings. The van der Waals surface area contributed by atoms with Gasteiger partial charge in [0.2, 0.25) is 0 Å². The molecule has 2 atom stereocenters. The number of allylic oxidation sites excluding steroid dienone is 2. The highest BCUT2D eigenvalue weighted by atomic mass is 14.8. The third-order valence-corrected chi connectivity index (χ3v) is 5.89. The molecule has 1 nitrogen and oxygen atoms in total. The van der Waals surface area contributed by atoms with Gasteiger partial charge in [-0.15, -0.1) is 0 Å². The molecule has 2 bridgehead atoms. The second-order valence-corrected chi connectivity index (χ2v) is 6.66. The topological polar surface area (TPSA) is 15.8 Å². The summed E-state index contributed by atoms with van der Waals surface area (Å²) in [6.45, 7) is 0. The lowest BCUT2D eigenvalue weighted by atomic mass is 9.63. The van der Waals surface area contributed by atoms with Crippen molar-refractivity contribution >= 4 is 10.9 Å². The summed E-state index contributed by atoms with van der Waals surface area (Å²) in [4.78, 5) is 3.74. The Kier molecular flexibility index (Phi) is 1.81. The molecule has 1 aromatic carbocycles. The molecule has 0 amide bonds. The van der Waals surface area contributed by atoms with E-state index in [2.05, 4.69) is 41.4 Å². The summed E-state index contributed by atoms with van der Waals surface area (Å²) in [5.41, 5.74) is 5.03. The highest BCUT2D eigenvalue weighted by Gasteiger charge is 2.50. The van der Waals surface area contributed by atoms with Crippen molar-refractivity contribution in [2.45, 2.75) is 43.4 Å². The van der Waals surface area contributed by atoms with E-state index >= 15 is 0 Å². The molecule has 19 heavy (non-hydrogen) atoms. The highest BCUT2D eigenvalue weighted by molar-refractivity contribution is 5.87. The van der Waals surface area contributed by atoms with Crippen molar-refractivity contribution in [2.75, 3.05) is 0 Å². The van der Waals surface area contributed by atoms with Crippen LogP contribution < -0.4 is 0 Å². The zero-order chi connectivity index (χ0) is 12.4. The summed E-state index contributed by atoms with van der Waals surface area (Å²) >= 11 is 0. The lowest BCUT2D eigenvalue weighted by Gasteiger charge is -2.40. The van der Waals surface area contributed by atoms with Crippen LogP contribution >= 0.6 is 0 Å².